The summed E-state index contributed by atoms with van der Waals surface area (Å²) in [6.07, 6.45) is 2.25. The highest BCUT2D eigenvalue weighted by atomic mass is 79.9. The van der Waals surface area contributed by atoms with Gasteiger partial charge in [0.05, 0.1) is 11.1 Å². The highest BCUT2D eigenvalue weighted by Gasteiger charge is 2.21. The zero-order valence-electron chi connectivity index (χ0n) is 16.3. The van der Waals surface area contributed by atoms with Crippen LogP contribution in [-0.2, 0) is 22.7 Å². The summed E-state index contributed by atoms with van der Waals surface area (Å²) in [6, 6.07) is 24.9. The zero-order valence-corrected chi connectivity index (χ0v) is 17.9. The molecule has 0 N–H and O–H groups in total. The maximum atomic E-state index is 14.1. The Labute approximate surface area is 184 Å². The lowest BCUT2D eigenvalue weighted by Crippen LogP contribution is -2.20. The quantitative estimate of drug-likeness (QED) is 0.414. The maximum absolute atomic E-state index is 14.1. The Morgan fingerprint density at radius 2 is 1.57 bits per heavy atom. The Morgan fingerprint density at radius 3 is 2.23 bits per heavy atom. The molecule has 1 atom stereocenters. The minimum atomic E-state index is -0.347. The van der Waals surface area contributed by atoms with Crippen LogP contribution in [0.3, 0.4) is 0 Å². The number of nitrogens with zero attached hydrogens (tertiary/aromatic N) is 1. The predicted molar refractivity (Wildman–Crippen MR) is 120 cm³/mol. The molecule has 0 saturated carbocycles. The summed E-state index contributed by atoms with van der Waals surface area (Å²) < 4.78 is 26.6. The monoisotopic (exact) mass is 465 g/mol. The van der Waals surface area contributed by atoms with Gasteiger partial charge in [0.15, 0.2) is 6.23 Å². The summed E-state index contributed by atoms with van der Waals surface area (Å²) in [5.74, 6) is 0.142. The fourth-order valence-electron chi connectivity index (χ4n) is 3.18. The molecule has 3 aromatic carbocycles. The number of ether oxygens (including phenoxy) is 2. The lowest BCUT2D eigenvalue weighted by Gasteiger charge is -2.22. The Kier molecular flexibility index (Phi) is 6.72. The number of aliphatic imine (C=N–C) groups is 1. The molecule has 0 radical (unpaired) electrons. The molecule has 1 heterocycles. The molecule has 0 spiro atoms. The van der Waals surface area contributed by atoms with E-state index >= 15 is 0 Å². The van der Waals surface area contributed by atoms with Gasteiger partial charge in [-0.25, -0.2) is 9.38 Å². The summed E-state index contributed by atoms with van der Waals surface area (Å²) in [4.78, 5) is 4.69. The van der Waals surface area contributed by atoms with Crippen LogP contribution in [0, 0.1) is 5.82 Å². The van der Waals surface area contributed by atoms with Gasteiger partial charge < -0.3 is 9.47 Å². The summed E-state index contributed by atoms with van der Waals surface area (Å²) in [7, 11) is 0. The molecule has 3 aromatic rings. The molecule has 30 heavy (non-hydrogen) atoms. The fourth-order valence-corrected chi connectivity index (χ4v) is 3.42. The topological polar surface area (TPSA) is 30.8 Å². The Bertz CT molecular complexity index is 1050. The molecule has 0 saturated heterocycles. The van der Waals surface area contributed by atoms with Gasteiger partial charge in [-0.15, -0.1) is 0 Å². The largest absolute Gasteiger partial charge is 0.473 e. The molecule has 1 unspecified atom stereocenters. The van der Waals surface area contributed by atoms with Crippen molar-refractivity contribution in [3.05, 3.63) is 112 Å². The number of hydrogen-bond acceptors (Lipinski definition) is 3. The smallest absolute Gasteiger partial charge is 0.219 e. The SMILES string of the molecule is Fc1cc(C2=CCC(OCc3ccccc3)N=C2OCc2ccccc2)ccc1Br. The molecule has 5 heteroatoms. The van der Waals surface area contributed by atoms with Crippen LogP contribution in [0.2, 0.25) is 0 Å². The van der Waals surface area contributed by atoms with Gasteiger partial charge in [0, 0.05) is 12.0 Å². The van der Waals surface area contributed by atoms with Gasteiger partial charge in [0.25, 0.3) is 0 Å². The first-order valence-corrected chi connectivity index (χ1v) is 10.5. The van der Waals surface area contributed by atoms with E-state index in [0.29, 0.717) is 30.0 Å². The van der Waals surface area contributed by atoms with Crippen LogP contribution in [0.1, 0.15) is 23.1 Å². The van der Waals surface area contributed by atoms with E-state index in [0.717, 1.165) is 22.3 Å². The standard InChI is InChI=1S/C25H21BrFNO2/c26-22-13-11-20(15-23(22)27)21-12-14-24(29-16-18-7-3-1-4-8-18)28-25(21)30-17-19-9-5-2-6-10-19/h1-13,15,24H,14,16-17H2. The van der Waals surface area contributed by atoms with Crippen LogP contribution >= 0.6 is 15.9 Å². The third-order valence-corrected chi connectivity index (χ3v) is 5.39. The first-order chi connectivity index (χ1) is 14.7. The normalized spacial score (nSPS) is 16.0. The second kappa shape index (κ2) is 9.83. The average molecular weight is 466 g/mol. The van der Waals surface area contributed by atoms with Crippen molar-refractivity contribution in [2.75, 3.05) is 0 Å². The first kappa shape index (κ1) is 20.5. The molecule has 1 aliphatic rings. The fraction of sp³-hybridized carbons (Fsp3) is 0.160. The highest BCUT2D eigenvalue weighted by molar-refractivity contribution is 9.10. The molecule has 0 bridgehead atoms. The van der Waals surface area contributed by atoms with Crippen LogP contribution in [0.25, 0.3) is 5.57 Å². The number of benzene rings is 3. The van der Waals surface area contributed by atoms with Crippen molar-refractivity contribution in [3.8, 4) is 0 Å². The third kappa shape index (κ3) is 5.23. The van der Waals surface area contributed by atoms with E-state index in [9.17, 15) is 4.39 Å². The molecule has 0 fully saturated rings. The predicted octanol–water partition coefficient (Wildman–Crippen LogP) is 6.53. The van der Waals surface area contributed by atoms with Crippen molar-refractivity contribution in [1.29, 1.82) is 0 Å². The van der Waals surface area contributed by atoms with Gasteiger partial charge in [-0.1, -0.05) is 72.8 Å². The Balaban J connectivity index is 1.53. The van der Waals surface area contributed by atoms with Crippen molar-refractivity contribution in [3.63, 3.8) is 0 Å². The number of dihydropyridines is 1. The summed E-state index contributed by atoms with van der Waals surface area (Å²) >= 11 is 3.21. The molecule has 0 amide bonds. The second-order valence-electron chi connectivity index (χ2n) is 6.94. The molecule has 1 aliphatic heterocycles. The van der Waals surface area contributed by atoms with E-state index in [1.54, 1.807) is 6.07 Å². The Hall–Kier alpha value is -2.76. The van der Waals surface area contributed by atoms with Gasteiger partial charge in [-0.05, 0) is 44.8 Å². The molecule has 3 nitrogen and oxygen atoms in total. The van der Waals surface area contributed by atoms with Crippen LogP contribution in [0.5, 0.6) is 0 Å². The van der Waals surface area contributed by atoms with Crippen LogP contribution in [-0.4, -0.2) is 12.1 Å². The molecule has 152 valence electrons. The third-order valence-electron chi connectivity index (χ3n) is 4.75. The minimum Gasteiger partial charge on any atom is -0.473 e. The number of halogens is 2. The molecular formula is C25H21BrFNO2. The average Bonchev–Trinajstić information content (AvgIpc) is 2.79. The van der Waals surface area contributed by atoms with E-state index in [2.05, 4.69) is 15.9 Å². The first-order valence-electron chi connectivity index (χ1n) is 9.75. The number of hydrogen-bond donors (Lipinski definition) is 0. The van der Waals surface area contributed by atoms with Crippen molar-refractivity contribution >= 4 is 27.4 Å². The zero-order chi connectivity index (χ0) is 20.8. The summed E-state index contributed by atoms with van der Waals surface area (Å²) in [5, 5.41) is 0. The van der Waals surface area contributed by atoms with Crippen LogP contribution in [0.4, 0.5) is 4.39 Å². The second-order valence-corrected chi connectivity index (χ2v) is 7.80. The van der Waals surface area contributed by atoms with E-state index < -0.39 is 0 Å². The minimum absolute atomic E-state index is 0.321. The van der Waals surface area contributed by atoms with E-state index in [1.807, 2.05) is 72.8 Å². The molecule has 4 rings (SSSR count). The summed E-state index contributed by atoms with van der Waals surface area (Å²) in [5.41, 5.74) is 3.62. The van der Waals surface area contributed by atoms with Crippen molar-refractivity contribution in [1.82, 2.24) is 0 Å². The van der Waals surface area contributed by atoms with Crippen LogP contribution in [0.15, 0.2) is 94.4 Å². The van der Waals surface area contributed by atoms with Gasteiger partial charge in [-0.2, -0.15) is 0 Å². The molecule has 0 aromatic heterocycles. The van der Waals surface area contributed by atoms with E-state index in [4.69, 9.17) is 14.5 Å². The maximum Gasteiger partial charge on any atom is 0.219 e. The van der Waals surface area contributed by atoms with Crippen molar-refractivity contribution < 1.29 is 13.9 Å². The lowest BCUT2D eigenvalue weighted by atomic mass is 10.0. The van der Waals surface area contributed by atoms with Gasteiger partial charge >= 0.3 is 0 Å². The highest BCUT2D eigenvalue weighted by Crippen LogP contribution is 2.28. The van der Waals surface area contributed by atoms with Crippen molar-refractivity contribution in [2.45, 2.75) is 25.9 Å². The Morgan fingerprint density at radius 1 is 0.900 bits per heavy atom. The lowest BCUT2D eigenvalue weighted by molar-refractivity contribution is 0.0460. The number of rotatable bonds is 6. The van der Waals surface area contributed by atoms with Gasteiger partial charge in [-0.3, -0.25) is 0 Å². The molecule has 0 aliphatic carbocycles. The van der Waals surface area contributed by atoms with Gasteiger partial charge in [0.2, 0.25) is 5.90 Å². The van der Waals surface area contributed by atoms with E-state index in [1.165, 1.54) is 6.07 Å². The van der Waals surface area contributed by atoms with Gasteiger partial charge in [0.1, 0.15) is 12.4 Å². The van der Waals surface area contributed by atoms with E-state index in [-0.39, 0.29) is 12.0 Å². The van der Waals surface area contributed by atoms with Crippen molar-refractivity contribution in [2.24, 2.45) is 4.99 Å². The van der Waals surface area contributed by atoms with Crippen LogP contribution < -0.4 is 0 Å². The summed E-state index contributed by atoms with van der Waals surface area (Å²) in [6.45, 7) is 0.846. The molecular weight excluding hydrogens is 445 g/mol.